The third-order valence-corrected chi connectivity index (χ3v) is 5.88. The van der Waals surface area contributed by atoms with Crippen LogP contribution in [0.4, 0.5) is 11.4 Å². The van der Waals surface area contributed by atoms with E-state index in [2.05, 4.69) is 39.7 Å². The quantitative estimate of drug-likeness (QED) is 0.331. The Balaban J connectivity index is 1.49. The first-order valence-electron chi connectivity index (χ1n) is 10.8. The Bertz CT molecular complexity index is 1400. The summed E-state index contributed by atoms with van der Waals surface area (Å²) in [6, 6.07) is 9.72. The minimum atomic E-state index is -0.444. The first-order valence-corrected chi connectivity index (χ1v) is 10.8. The molecule has 4 aromatic rings. The molecule has 0 atom stereocenters. The van der Waals surface area contributed by atoms with Crippen molar-refractivity contribution in [2.75, 3.05) is 5.32 Å². The number of carbonyl (C=O) groups excluding carboxylic acids is 1. The monoisotopic (exact) mass is 462 g/mol. The Labute approximate surface area is 196 Å². The van der Waals surface area contributed by atoms with Crippen LogP contribution in [-0.2, 0) is 13.2 Å². The molecule has 4 rings (SSSR count). The van der Waals surface area contributed by atoms with Gasteiger partial charge in [0.25, 0.3) is 5.91 Å². The molecular weight excluding hydrogens is 436 g/mol. The number of nitrogens with one attached hydrogen (secondary N) is 1. The third-order valence-electron chi connectivity index (χ3n) is 5.88. The Morgan fingerprint density at radius 1 is 0.971 bits per heavy atom. The number of rotatable bonds is 7. The zero-order valence-electron chi connectivity index (χ0n) is 19.7. The van der Waals surface area contributed by atoms with Crippen molar-refractivity contribution in [2.24, 2.45) is 0 Å². The zero-order valence-corrected chi connectivity index (χ0v) is 19.7. The van der Waals surface area contributed by atoms with Gasteiger partial charge in [0, 0.05) is 6.20 Å². The van der Waals surface area contributed by atoms with Crippen LogP contribution in [-0.4, -0.2) is 40.2 Å². The molecule has 1 aromatic carbocycles. The highest BCUT2D eigenvalue weighted by Gasteiger charge is 2.22. The highest BCUT2D eigenvalue weighted by molar-refractivity contribution is 6.03. The van der Waals surface area contributed by atoms with Crippen LogP contribution in [0.1, 0.15) is 44.4 Å². The predicted molar refractivity (Wildman–Crippen MR) is 126 cm³/mol. The maximum Gasteiger partial charge on any atom is 0.312 e. The average Bonchev–Trinajstić information content (AvgIpc) is 3.43. The fourth-order valence-electron chi connectivity index (χ4n) is 3.95. The van der Waals surface area contributed by atoms with Crippen LogP contribution in [0, 0.1) is 44.7 Å². The summed E-state index contributed by atoms with van der Waals surface area (Å²) in [7, 11) is 0. The van der Waals surface area contributed by atoms with E-state index in [0.717, 1.165) is 11.3 Å². The second kappa shape index (κ2) is 8.93. The number of carbonyl (C=O) groups is 1. The van der Waals surface area contributed by atoms with E-state index in [1.54, 1.807) is 26.1 Å². The molecule has 0 saturated carbocycles. The van der Waals surface area contributed by atoms with Crippen molar-refractivity contribution < 1.29 is 9.72 Å². The van der Waals surface area contributed by atoms with Gasteiger partial charge in [-0.15, -0.1) is 0 Å². The topological polar surface area (TPSA) is 126 Å². The first-order chi connectivity index (χ1) is 16.2. The standard InChI is InChI=1S/C23H26N8O3/c1-14-8-6-7-9-19(14)12-29-17(4)21(15(2)25-29)24-23(32)20-10-11-28(27-20)13-30-18(5)22(31(33)34)16(3)26-30/h6-11H,12-13H2,1-5H3,(H,24,32). The fraction of sp³-hybridized carbons (Fsp3) is 0.304. The Hall–Kier alpha value is -4.28. The van der Waals surface area contributed by atoms with Crippen molar-refractivity contribution >= 4 is 17.3 Å². The second-order valence-electron chi connectivity index (χ2n) is 8.24. The number of amides is 1. The summed E-state index contributed by atoms with van der Waals surface area (Å²) < 4.78 is 4.88. The smallest absolute Gasteiger partial charge is 0.312 e. The van der Waals surface area contributed by atoms with E-state index in [-0.39, 0.29) is 24.0 Å². The highest BCUT2D eigenvalue weighted by Crippen LogP contribution is 2.23. The van der Waals surface area contributed by atoms with Gasteiger partial charge in [-0.2, -0.15) is 15.3 Å². The summed E-state index contributed by atoms with van der Waals surface area (Å²) in [5.41, 5.74) is 5.53. The Morgan fingerprint density at radius 2 is 1.68 bits per heavy atom. The van der Waals surface area contributed by atoms with Crippen molar-refractivity contribution in [3.05, 3.63) is 86.2 Å². The molecule has 11 nitrogen and oxygen atoms in total. The highest BCUT2D eigenvalue weighted by atomic mass is 16.6. The van der Waals surface area contributed by atoms with Gasteiger partial charge in [0.05, 0.1) is 28.5 Å². The molecule has 11 heteroatoms. The number of hydrogen-bond donors (Lipinski definition) is 1. The van der Waals surface area contributed by atoms with Crippen LogP contribution in [0.15, 0.2) is 36.5 Å². The van der Waals surface area contributed by atoms with E-state index < -0.39 is 4.92 Å². The van der Waals surface area contributed by atoms with Gasteiger partial charge in [0.2, 0.25) is 0 Å². The summed E-state index contributed by atoms with van der Waals surface area (Å²) in [5, 5.41) is 27.3. The molecule has 1 N–H and O–H groups in total. The van der Waals surface area contributed by atoms with Gasteiger partial charge in [-0.3, -0.25) is 24.3 Å². The molecule has 3 heterocycles. The number of nitrogens with zero attached hydrogens (tertiary/aromatic N) is 7. The number of nitro groups is 1. The first kappa shape index (κ1) is 22.9. The molecule has 0 radical (unpaired) electrons. The number of aromatic nitrogens is 6. The van der Waals surface area contributed by atoms with E-state index >= 15 is 0 Å². The lowest BCUT2D eigenvalue weighted by Crippen LogP contribution is -2.16. The van der Waals surface area contributed by atoms with Crippen molar-refractivity contribution in [3.8, 4) is 0 Å². The van der Waals surface area contributed by atoms with Crippen LogP contribution in [0.3, 0.4) is 0 Å². The predicted octanol–water partition coefficient (Wildman–Crippen LogP) is 3.53. The van der Waals surface area contributed by atoms with Gasteiger partial charge < -0.3 is 5.32 Å². The van der Waals surface area contributed by atoms with E-state index in [0.29, 0.717) is 29.3 Å². The van der Waals surface area contributed by atoms with Crippen LogP contribution in [0.2, 0.25) is 0 Å². The fourth-order valence-corrected chi connectivity index (χ4v) is 3.95. The van der Waals surface area contributed by atoms with Crippen LogP contribution in [0.25, 0.3) is 0 Å². The van der Waals surface area contributed by atoms with E-state index in [4.69, 9.17) is 0 Å². The van der Waals surface area contributed by atoms with Gasteiger partial charge in [-0.05, 0) is 51.8 Å². The minimum Gasteiger partial charge on any atom is -0.317 e. The minimum absolute atomic E-state index is 0.0150. The number of benzene rings is 1. The second-order valence-corrected chi connectivity index (χ2v) is 8.24. The largest absolute Gasteiger partial charge is 0.317 e. The molecular formula is C23H26N8O3. The third kappa shape index (κ3) is 4.32. The van der Waals surface area contributed by atoms with Crippen molar-refractivity contribution in [3.63, 3.8) is 0 Å². The summed E-state index contributed by atoms with van der Waals surface area (Å²) in [6.45, 7) is 9.82. The lowest BCUT2D eigenvalue weighted by molar-refractivity contribution is -0.386. The summed E-state index contributed by atoms with van der Waals surface area (Å²) in [6.07, 6.45) is 1.64. The van der Waals surface area contributed by atoms with Gasteiger partial charge in [0.1, 0.15) is 18.1 Å². The van der Waals surface area contributed by atoms with Gasteiger partial charge >= 0.3 is 5.69 Å². The van der Waals surface area contributed by atoms with Crippen LogP contribution >= 0.6 is 0 Å². The van der Waals surface area contributed by atoms with Gasteiger partial charge in [-0.25, -0.2) is 4.68 Å². The van der Waals surface area contributed by atoms with Crippen LogP contribution < -0.4 is 5.32 Å². The molecule has 0 bridgehead atoms. The van der Waals surface area contributed by atoms with Crippen molar-refractivity contribution in [1.29, 1.82) is 0 Å². The number of aryl methyl sites for hydroxylation is 3. The van der Waals surface area contributed by atoms with Crippen LogP contribution in [0.5, 0.6) is 0 Å². The maximum atomic E-state index is 12.9. The van der Waals surface area contributed by atoms with Gasteiger partial charge in [0.15, 0.2) is 5.69 Å². The van der Waals surface area contributed by atoms with Crippen molar-refractivity contribution in [1.82, 2.24) is 29.3 Å². The maximum absolute atomic E-state index is 12.9. The van der Waals surface area contributed by atoms with Crippen molar-refractivity contribution in [2.45, 2.75) is 47.8 Å². The normalized spacial score (nSPS) is 11.1. The molecule has 0 fully saturated rings. The van der Waals surface area contributed by atoms with E-state index in [1.165, 1.54) is 14.9 Å². The summed E-state index contributed by atoms with van der Waals surface area (Å²) >= 11 is 0. The SMILES string of the molecule is Cc1ccccc1Cn1nc(C)c(NC(=O)c2ccn(Cn3nc(C)c([N+](=O)[O-])c3C)n2)c1C. The molecule has 0 unspecified atom stereocenters. The molecule has 3 aromatic heterocycles. The molecule has 0 aliphatic heterocycles. The summed E-state index contributed by atoms with van der Waals surface area (Å²) in [4.78, 5) is 23.7. The lowest BCUT2D eigenvalue weighted by Gasteiger charge is -2.08. The van der Waals surface area contributed by atoms with E-state index in [9.17, 15) is 14.9 Å². The molecule has 0 saturated heterocycles. The lowest BCUT2D eigenvalue weighted by atomic mass is 10.1. The Morgan fingerprint density at radius 3 is 2.35 bits per heavy atom. The molecule has 176 valence electrons. The average molecular weight is 463 g/mol. The number of hydrogen-bond acceptors (Lipinski definition) is 6. The molecule has 0 spiro atoms. The summed E-state index contributed by atoms with van der Waals surface area (Å²) in [5.74, 6) is -0.361. The zero-order chi connectivity index (χ0) is 24.6. The molecule has 0 aliphatic rings. The van der Waals surface area contributed by atoms with E-state index in [1.807, 2.05) is 30.7 Å². The molecule has 34 heavy (non-hydrogen) atoms. The van der Waals surface area contributed by atoms with Gasteiger partial charge in [-0.1, -0.05) is 24.3 Å². The Kier molecular flexibility index (Phi) is 6.01. The molecule has 0 aliphatic carbocycles. The number of anilines is 1. The molecule has 1 amide bonds.